The Morgan fingerprint density at radius 2 is 1.96 bits per heavy atom. The summed E-state index contributed by atoms with van der Waals surface area (Å²) in [7, 11) is 0. The van der Waals surface area contributed by atoms with E-state index >= 15 is 0 Å². The third-order valence-electron chi connectivity index (χ3n) is 4.69. The highest BCUT2D eigenvalue weighted by Crippen LogP contribution is 2.32. The zero-order valence-electron chi connectivity index (χ0n) is 14.6. The van der Waals surface area contributed by atoms with Crippen LogP contribution in [0.2, 0.25) is 0 Å². The van der Waals surface area contributed by atoms with Crippen LogP contribution in [0.25, 0.3) is 11.5 Å². The summed E-state index contributed by atoms with van der Waals surface area (Å²) in [6, 6.07) is 8.94. The maximum absolute atomic E-state index is 5.91. The summed E-state index contributed by atoms with van der Waals surface area (Å²) in [5.74, 6) is 1.30. The first-order valence-corrected chi connectivity index (χ1v) is 8.97. The third kappa shape index (κ3) is 3.48. The highest BCUT2D eigenvalue weighted by Gasteiger charge is 2.35. The summed E-state index contributed by atoms with van der Waals surface area (Å²) in [5, 5.41) is 8.45. The Labute approximate surface area is 147 Å². The average molecular weight is 344 g/mol. The quantitative estimate of drug-likeness (QED) is 0.794. The van der Waals surface area contributed by atoms with Gasteiger partial charge >= 0.3 is 6.01 Å². The number of anilines is 1. The van der Waals surface area contributed by atoms with Gasteiger partial charge in [0, 0.05) is 32.2 Å². The lowest BCUT2D eigenvalue weighted by atomic mass is 10.1. The van der Waals surface area contributed by atoms with Crippen molar-refractivity contribution in [2.75, 3.05) is 50.9 Å². The monoisotopic (exact) mass is 344 g/mol. The SMILES string of the molecule is CCCOc1ccccc1-c1nnc(N2CC(N3CCOCC3)C2)o1. The van der Waals surface area contributed by atoms with Gasteiger partial charge in [0.05, 0.1) is 25.4 Å². The van der Waals surface area contributed by atoms with Crippen LogP contribution in [0.3, 0.4) is 0 Å². The van der Waals surface area contributed by atoms with Gasteiger partial charge in [-0.25, -0.2) is 0 Å². The predicted molar refractivity (Wildman–Crippen MR) is 93.9 cm³/mol. The van der Waals surface area contributed by atoms with Crippen LogP contribution in [0.5, 0.6) is 5.75 Å². The van der Waals surface area contributed by atoms with E-state index in [2.05, 4.69) is 26.9 Å². The molecule has 2 saturated heterocycles. The van der Waals surface area contributed by atoms with Gasteiger partial charge < -0.3 is 18.8 Å². The Hall–Kier alpha value is -2.12. The molecule has 25 heavy (non-hydrogen) atoms. The summed E-state index contributed by atoms with van der Waals surface area (Å²) < 4.78 is 17.1. The van der Waals surface area contributed by atoms with Crippen LogP contribution in [0.1, 0.15) is 13.3 Å². The summed E-state index contributed by atoms with van der Waals surface area (Å²) in [6.45, 7) is 8.29. The molecule has 2 aromatic rings. The van der Waals surface area contributed by atoms with Crippen LogP contribution in [0.15, 0.2) is 28.7 Å². The molecule has 0 atom stereocenters. The minimum absolute atomic E-state index is 0.511. The number of ether oxygens (including phenoxy) is 2. The van der Waals surface area contributed by atoms with Gasteiger partial charge in [-0.3, -0.25) is 4.90 Å². The first kappa shape index (κ1) is 16.4. The van der Waals surface area contributed by atoms with Gasteiger partial charge in [-0.05, 0) is 18.6 Å². The summed E-state index contributed by atoms with van der Waals surface area (Å²) in [5.41, 5.74) is 0.847. The van der Waals surface area contributed by atoms with Crippen molar-refractivity contribution in [3.05, 3.63) is 24.3 Å². The normalized spacial score (nSPS) is 19.0. The highest BCUT2D eigenvalue weighted by molar-refractivity contribution is 5.63. The van der Waals surface area contributed by atoms with Gasteiger partial charge in [-0.15, -0.1) is 5.10 Å². The fraction of sp³-hybridized carbons (Fsp3) is 0.556. The molecule has 1 aromatic carbocycles. The number of para-hydroxylation sites is 1. The number of nitrogens with zero attached hydrogens (tertiary/aromatic N) is 4. The molecule has 0 radical (unpaired) electrons. The lowest BCUT2D eigenvalue weighted by Crippen LogP contribution is -2.61. The molecule has 0 saturated carbocycles. The van der Waals surface area contributed by atoms with Crippen LogP contribution in [0.4, 0.5) is 6.01 Å². The summed E-state index contributed by atoms with van der Waals surface area (Å²) in [6.07, 6.45) is 0.958. The van der Waals surface area contributed by atoms with E-state index in [1.165, 1.54) is 0 Å². The standard InChI is InChI=1S/C18H24N4O3/c1-2-9-24-16-6-4-3-5-15(16)17-19-20-18(25-17)22-12-14(13-22)21-7-10-23-11-8-21/h3-6,14H,2,7-13H2,1H3. The number of aromatic nitrogens is 2. The van der Waals surface area contributed by atoms with Crippen molar-refractivity contribution in [2.24, 2.45) is 0 Å². The second-order valence-electron chi connectivity index (χ2n) is 6.44. The van der Waals surface area contributed by atoms with E-state index in [0.717, 1.165) is 57.1 Å². The van der Waals surface area contributed by atoms with Crippen LogP contribution >= 0.6 is 0 Å². The molecule has 3 heterocycles. The number of morpholine rings is 1. The topological polar surface area (TPSA) is 63.9 Å². The fourth-order valence-electron chi connectivity index (χ4n) is 3.22. The lowest BCUT2D eigenvalue weighted by molar-refractivity contribution is 0.00985. The molecule has 2 aliphatic heterocycles. The Morgan fingerprint density at radius 1 is 1.16 bits per heavy atom. The molecule has 0 N–H and O–H groups in total. The Balaban J connectivity index is 1.41. The van der Waals surface area contributed by atoms with E-state index in [9.17, 15) is 0 Å². The maximum atomic E-state index is 5.91. The number of hydrogen-bond donors (Lipinski definition) is 0. The van der Waals surface area contributed by atoms with Gasteiger partial charge in [0.1, 0.15) is 5.75 Å². The first-order chi connectivity index (χ1) is 12.3. The number of rotatable bonds is 6. The third-order valence-corrected chi connectivity index (χ3v) is 4.69. The largest absolute Gasteiger partial charge is 0.493 e. The first-order valence-electron chi connectivity index (χ1n) is 8.97. The van der Waals surface area contributed by atoms with Gasteiger partial charge in [-0.1, -0.05) is 24.2 Å². The van der Waals surface area contributed by atoms with Crippen LogP contribution in [0, 0.1) is 0 Å². The maximum Gasteiger partial charge on any atom is 0.318 e. The molecule has 2 fully saturated rings. The zero-order valence-corrected chi connectivity index (χ0v) is 14.6. The molecule has 4 rings (SSSR count). The van der Waals surface area contributed by atoms with Crippen molar-refractivity contribution in [2.45, 2.75) is 19.4 Å². The van der Waals surface area contributed by atoms with Gasteiger partial charge in [0.2, 0.25) is 0 Å². The molecule has 7 nitrogen and oxygen atoms in total. The molecule has 0 amide bonds. The fourth-order valence-corrected chi connectivity index (χ4v) is 3.22. The van der Waals surface area contributed by atoms with Crippen molar-refractivity contribution in [1.82, 2.24) is 15.1 Å². The van der Waals surface area contributed by atoms with E-state index in [1.54, 1.807) is 0 Å². The Morgan fingerprint density at radius 3 is 2.76 bits per heavy atom. The molecule has 134 valence electrons. The van der Waals surface area contributed by atoms with Crippen molar-refractivity contribution < 1.29 is 13.9 Å². The van der Waals surface area contributed by atoms with Crippen LogP contribution < -0.4 is 9.64 Å². The molecule has 1 aromatic heterocycles. The number of hydrogen-bond acceptors (Lipinski definition) is 7. The molecule has 7 heteroatoms. The molecular weight excluding hydrogens is 320 g/mol. The van der Waals surface area contributed by atoms with Gasteiger partial charge in [0.15, 0.2) is 0 Å². The molecule has 2 aliphatic rings. The summed E-state index contributed by atoms with van der Waals surface area (Å²) >= 11 is 0. The molecule has 0 aliphatic carbocycles. The Bertz CT molecular complexity index is 693. The zero-order chi connectivity index (χ0) is 17.1. The predicted octanol–water partition coefficient (Wildman–Crippen LogP) is 2.05. The minimum atomic E-state index is 0.511. The van der Waals surface area contributed by atoms with Crippen molar-refractivity contribution in [3.63, 3.8) is 0 Å². The van der Waals surface area contributed by atoms with Crippen molar-refractivity contribution >= 4 is 6.01 Å². The lowest BCUT2D eigenvalue weighted by Gasteiger charge is -2.45. The summed E-state index contributed by atoms with van der Waals surface area (Å²) in [4.78, 5) is 4.61. The van der Waals surface area contributed by atoms with Crippen molar-refractivity contribution in [1.29, 1.82) is 0 Å². The van der Waals surface area contributed by atoms with Gasteiger partial charge in [0.25, 0.3) is 5.89 Å². The van der Waals surface area contributed by atoms with Crippen LogP contribution in [-0.4, -0.2) is 67.1 Å². The Kier molecular flexibility index (Phi) is 4.85. The van der Waals surface area contributed by atoms with Crippen molar-refractivity contribution in [3.8, 4) is 17.2 Å². The molecular formula is C18H24N4O3. The van der Waals surface area contributed by atoms with E-state index in [0.29, 0.717) is 24.6 Å². The van der Waals surface area contributed by atoms with Gasteiger partial charge in [-0.2, -0.15) is 0 Å². The minimum Gasteiger partial charge on any atom is -0.493 e. The molecule has 0 unspecified atom stereocenters. The van der Waals surface area contributed by atoms with E-state index in [-0.39, 0.29) is 0 Å². The number of benzene rings is 1. The molecule has 0 bridgehead atoms. The second kappa shape index (κ2) is 7.41. The van der Waals surface area contributed by atoms with E-state index in [4.69, 9.17) is 13.9 Å². The second-order valence-corrected chi connectivity index (χ2v) is 6.44. The highest BCUT2D eigenvalue weighted by atomic mass is 16.5. The smallest absolute Gasteiger partial charge is 0.318 e. The van der Waals surface area contributed by atoms with Crippen LogP contribution in [-0.2, 0) is 4.74 Å². The van der Waals surface area contributed by atoms with E-state index < -0.39 is 0 Å². The van der Waals surface area contributed by atoms with E-state index in [1.807, 2.05) is 24.3 Å². The average Bonchev–Trinajstić information content (AvgIpc) is 3.09. The molecule has 0 spiro atoms.